The zero-order valence-electron chi connectivity index (χ0n) is 17.8. The standard InChI is InChI=1S/C22H28N4O2.2ClH/c1-13(2)9-19-17(10-23)21(16-7-5-14(3)6-8-16)18(15(4)25-19)12-26-20(27)11-24-22(26)28;;/h5-8,13H,9-12,23H2,1-4H3,(H,24,28);2*1H. The van der Waals surface area contributed by atoms with E-state index < -0.39 is 0 Å². The maximum Gasteiger partial charge on any atom is 0.324 e. The first-order chi connectivity index (χ1) is 13.3. The van der Waals surface area contributed by atoms with Crippen LogP contribution in [-0.2, 0) is 24.3 Å². The number of aryl methyl sites for hydroxylation is 2. The van der Waals surface area contributed by atoms with Crippen LogP contribution in [0.1, 0.15) is 41.9 Å². The van der Waals surface area contributed by atoms with E-state index >= 15 is 0 Å². The fourth-order valence-corrected chi connectivity index (χ4v) is 3.66. The van der Waals surface area contributed by atoms with E-state index in [-0.39, 0.29) is 49.8 Å². The minimum atomic E-state index is -0.361. The average Bonchev–Trinajstić information content (AvgIpc) is 2.95. The van der Waals surface area contributed by atoms with Crippen LogP contribution < -0.4 is 11.1 Å². The van der Waals surface area contributed by atoms with Crippen LogP contribution in [0.5, 0.6) is 0 Å². The topological polar surface area (TPSA) is 88.3 Å². The lowest BCUT2D eigenvalue weighted by Crippen LogP contribution is -2.31. The predicted octanol–water partition coefficient (Wildman–Crippen LogP) is 3.92. The Bertz CT molecular complexity index is 898. The number of halogens is 2. The van der Waals surface area contributed by atoms with Gasteiger partial charge in [-0.15, -0.1) is 24.8 Å². The van der Waals surface area contributed by atoms with Crippen LogP contribution >= 0.6 is 24.8 Å². The summed E-state index contributed by atoms with van der Waals surface area (Å²) in [6, 6.07) is 7.89. The molecule has 1 saturated heterocycles. The Hall–Kier alpha value is -2.15. The molecule has 2 heterocycles. The smallest absolute Gasteiger partial charge is 0.324 e. The Labute approximate surface area is 190 Å². The van der Waals surface area contributed by atoms with Gasteiger partial charge in [0.05, 0.1) is 13.1 Å². The number of benzene rings is 1. The molecule has 0 bridgehead atoms. The molecule has 6 nitrogen and oxygen atoms in total. The summed E-state index contributed by atoms with van der Waals surface area (Å²) >= 11 is 0. The summed E-state index contributed by atoms with van der Waals surface area (Å²) in [5, 5.41) is 2.58. The number of amides is 3. The molecule has 0 unspecified atom stereocenters. The van der Waals surface area contributed by atoms with E-state index in [9.17, 15) is 9.59 Å². The van der Waals surface area contributed by atoms with Gasteiger partial charge in [0, 0.05) is 23.5 Å². The highest BCUT2D eigenvalue weighted by molar-refractivity contribution is 6.02. The van der Waals surface area contributed by atoms with Gasteiger partial charge in [0.15, 0.2) is 0 Å². The molecule has 1 aliphatic rings. The second kappa shape index (κ2) is 10.8. The van der Waals surface area contributed by atoms with Crippen LogP contribution in [0.25, 0.3) is 11.1 Å². The van der Waals surface area contributed by atoms with Gasteiger partial charge in [-0.3, -0.25) is 14.7 Å². The lowest BCUT2D eigenvalue weighted by molar-refractivity contribution is -0.125. The summed E-state index contributed by atoms with van der Waals surface area (Å²) in [6.45, 7) is 8.89. The van der Waals surface area contributed by atoms with Crippen LogP contribution in [-0.4, -0.2) is 28.4 Å². The van der Waals surface area contributed by atoms with E-state index in [0.717, 1.165) is 40.1 Å². The van der Waals surface area contributed by atoms with Crippen molar-refractivity contribution in [1.29, 1.82) is 0 Å². The number of pyridine rings is 1. The summed E-state index contributed by atoms with van der Waals surface area (Å²) in [5.41, 5.74) is 13.1. The van der Waals surface area contributed by atoms with Gasteiger partial charge in [-0.2, -0.15) is 0 Å². The third kappa shape index (κ3) is 5.31. The molecule has 3 N–H and O–H groups in total. The highest BCUT2D eigenvalue weighted by Crippen LogP contribution is 2.33. The number of rotatable bonds is 6. The third-order valence-corrected chi connectivity index (χ3v) is 5.09. The molecule has 1 aromatic carbocycles. The molecule has 1 aliphatic heterocycles. The average molecular weight is 453 g/mol. The maximum absolute atomic E-state index is 12.2. The van der Waals surface area contributed by atoms with Crippen molar-refractivity contribution in [3.05, 3.63) is 52.3 Å². The molecule has 1 aromatic heterocycles. The van der Waals surface area contributed by atoms with E-state index in [1.807, 2.05) is 13.8 Å². The van der Waals surface area contributed by atoms with Crippen molar-refractivity contribution in [3.8, 4) is 11.1 Å². The van der Waals surface area contributed by atoms with Crippen LogP contribution in [0.4, 0.5) is 4.79 Å². The fraction of sp³-hybridized carbons (Fsp3) is 0.409. The molecule has 8 heteroatoms. The lowest BCUT2D eigenvalue weighted by atomic mass is 9.89. The Kier molecular flexibility index (Phi) is 9.28. The minimum absolute atomic E-state index is 0. The molecule has 3 amide bonds. The van der Waals surface area contributed by atoms with Crippen LogP contribution in [0.3, 0.4) is 0 Å². The second-order valence-corrected chi connectivity index (χ2v) is 7.78. The number of aromatic nitrogens is 1. The van der Waals surface area contributed by atoms with Crippen LogP contribution in [0, 0.1) is 19.8 Å². The quantitative estimate of drug-likeness (QED) is 0.649. The Morgan fingerprint density at radius 2 is 1.73 bits per heavy atom. The lowest BCUT2D eigenvalue weighted by Gasteiger charge is -2.23. The molecule has 164 valence electrons. The van der Waals surface area contributed by atoms with Crippen molar-refractivity contribution < 1.29 is 9.59 Å². The van der Waals surface area contributed by atoms with Crippen molar-refractivity contribution >= 4 is 36.8 Å². The first-order valence-corrected chi connectivity index (χ1v) is 9.68. The van der Waals surface area contributed by atoms with Crippen molar-refractivity contribution in [3.63, 3.8) is 0 Å². The predicted molar refractivity (Wildman–Crippen MR) is 124 cm³/mol. The molecule has 3 rings (SSSR count). The molecule has 0 saturated carbocycles. The molecule has 0 aliphatic carbocycles. The number of hydrogen-bond donors (Lipinski definition) is 2. The van der Waals surface area contributed by atoms with Crippen LogP contribution in [0.15, 0.2) is 24.3 Å². The van der Waals surface area contributed by atoms with Gasteiger partial charge >= 0.3 is 6.03 Å². The number of nitrogens with one attached hydrogen (secondary N) is 1. The number of nitrogens with two attached hydrogens (primary N) is 1. The summed E-state index contributed by atoms with van der Waals surface area (Å²) in [6.07, 6.45) is 0.829. The number of carbonyl (C=O) groups is 2. The number of hydrogen-bond acceptors (Lipinski definition) is 4. The maximum atomic E-state index is 12.2. The second-order valence-electron chi connectivity index (χ2n) is 7.78. The van der Waals surface area contributed by atoms with Gasteiger partial charge in [-0.1, -0.05) is 43.7 Å². The van der Waals surface area contributed by atoms with Crippen molar-refractivity contribution in [2.24, 2.45) is 11.7 Å². The molecule has 0 atom stereocenters. The fourth-order valence-electron chi connectivity index (χ4n) is 3.66. The van der Waals surface area contributed by atoms with E-state index in [0.29, 0.717) is 12.5 Å². The summed E-state index contributed by atoms with van der Waals surface area (Å²) in [4.78, 5) is 30.4. The SMILES string of the molecule is Cc1ccc(-c2c(CN3C(=O)CNC3=O)c(C)nc(CC(C)C)c2CN)cc1.Cl.Cl. The zero-order valence-corrected chi connectivity index (χ0v) is 19.5. The number of urea groups is 1. The van der Waals surface area contributed by atoms with Gasteiger partial charge in [0.25, 0.3) is 0 Å². The number of carbonyl (C=O) groups excluding carboxylic acids is 2. The first-order valence-electron chi connectivity index (χ1n) is 9.68. The van der Waals surface area contributed by atoms with Crippen molar-refractivity contribution in [2.75, 3.05) is 6.54 Å². The largest absolute Gasteiger partial charge is 0.329 e. The normalized spacial score (nSPS) is 13.2. The Morgan fingerprint density at radius 3 is 2.23 bits per heavy atom. The van der Waals surface area contributed by atoms with Gasteiger partial charge < -0.3 is 11.1 Å². The number of nitrogens with zero attached hydrogens (tertiary/aromatic N) is 2. The summed E-state index contributed by atoms with van der Waals surface area (Å²) in [5.74, 6) is 0.222. The van der Waals surface area contributed by atoms with Gasteiger partial charge in [-0.25, -0.2) is 4.79 Å². The highest BCUT2D eigenvalue weighted by Gasteiger charge is 2.31. The molecule has 2 aromatic rings. The third-order valence-electron chi connectivity index (χ3n) is 5.09. The summed E-state index contributed by atoms with van der Waals surface area (Å²) in [7, 11) is 0. The monoisotopic (exact) mass is 452 g/mol. The molecule has 1 fully saturated rings. The Balaban J connectivity index is 0.00000225. The minimum Gasteiger partial charge on any atom is -0.329 e. The molecular weight excluding hydrogens is 423 g/mol. The van der Waals surface area contributed by atoms with Gasteiger partial charge in [-0.05, 0) is 42.9 Å². The molecule has 30 heavy (non-hydrogen) atoms. The van der Waals surface area contributed by atoms with E-state index in [1.54, 1.807) is 0 Å². The van der Waals surface area contributed by atoms with Crippen molar-refractivity contribution in [1.82, 2.24) is 15.2 Å². The van der Waals surface area contributed by atoms with Crippen LogP contribution in [0.2, 0.25) is 0 Å². The first kappa shape index (κ1) is 25.9. The molecule has 0 radical (unpaired) electrons. The van der Waals surface area contributed by atoms with Gasteiger partial charge in [0.1, 0.15) is 0 Å². The zero-order chi connectivity index (χ0) is 20.4. The highest BCUT2D eigenvalue weighted by atomic mass is 35.5. The molecular formula is C22H30Cl2N4O2. The Morgan fingerprint density at radius 1 is 1.10 bits per heavy atom. The number of imide groups is 1. The van der Waals surface area contributed by atoms with Crippen molar-refractivity contribution in [2.45, 2.75) is 47.2 Å². The van der Waals surface area contributed by atoms with E-state index in [1.165, 1.54) is 10.5 Å². The van der Waals surface area contributed by atoms with E-state index in [2.05, 4.69) is 43.4 Å². The molecule has 0 spiro atoms. The van der Waals surface area contributed by atoms with E-state index in [4.69, 9.17) is 10.7 Å². The van der Waals surface area contributed by atoms with Gasteiger partial charge in [0.2, 0.25) is 5.91 Å². The summed E-state index contributed by atoms with van der Waals surface area (Å²) < 4.78 is 0.